The fourth-order valence-electron chi connectivity index (χ4n) is 2.86. The first-order valence-electron chi connectivity index (χ1n) is 6.04. The van der Waals surface area contributed by atoms with Gasteiger partial charge in [-0.3, -0.25) is 9.59 Å². The minimum absolute atomic E-state index is 0.532. The van der Waals surface area contributed by atoms with Crippen molar-refractivity contribution in [3.8, 4) is 0 Å². The standard InChI is InChI=1S/C11H15NO7S/c1-4(2)8(13)12-11(10(16)17)3-20(18,19)7-5(6(7)11)9(14)15/h4-7H,3H2,1-2H3,(H,12,13)(H,14,15)(H,16,17)/t5-,6-,7+,11+/m1/s1. The Morgan fingerprint density at radius 2 is 1.80 bits per heavy atom. The fraction of sp³-hybridized carbons (Fsp3) is 0.727. The molecule has 9 heteroatoms. The predicted octanol–water partition coefficient (Wildman–Crippen LogP) is -1.29. The van der Waals surface area contributed by atoms with Gasteiger partial charge in [-0.25, -0.2) is 13.2 Å². The Morgan fingerprint density at radius 3 is 2.15 bits per heavy atom. The number of carboxylic acid groups (broad SMARTS) is 2. The highest BCUT2D eigenvalue weighted by Gasteiger charge is 2.79. The molecule has 1 saturated carbocycles. The highest BCUT2D eigenvalue weighted by atomic mass is 32.2. The van der Waals surface area contributed by atoms with Crippen LogP contribution in [0.5, 0.6) is 0 Å². The van der Waals surface area contributed by atoms with Crippen molar-refractivity contribution in [3.05, 3.63) is 0 Å². The summed E-state index contributed by atoms with van der Waals surface area (Å²) in [5.41, 5.74) is -2.03. The Hall–Kier alpha value is -1.64. The van der Waals surface area contributed by atoms with Gasteiger partial charge in [0, 0.05) is 11.8 Å². The lowest BCUT2D eigenvalue weighted by Gasteiger charge is -2.28. The maximum Gasteiger partial charge on any atom is 0.330 e. The quantitative estimate of drug-likeness (QED) is 0.587. The summed E-state index contributed by atoms with van der Waals surface area (Å²) in [5.74, 6) is -7.14. The average Bonchev–Trinajstić information content (AvgIpc) is 2.98. The molecular formula is C11H15NO7S. The summed E-state index contributed by atoms with van der Waals surface area (Å²) in [6, 6.07) is 0. The second-order valence-corrected chi connectivity index (χ2v) is 7.74. The Labute approximate surface area is 115 Å². The third-order valence-electron chi connectivity index (χ3n) is 3.90. The molecule has 0 radical (unpaired) electrons. The lowest BCUT2D eigenvalue weighted by atomic mass is 9.93. The zero-order valence-corrected chi connectivity index (χ0v) is 11.7. The summed E-state index contributed by atoms with van der Waals surface area (Å²) in [6.45, 7) is 3.07. The van der Waals surface area contributed by atoms with Crippen LogP contribution in [-0.2, 0) is 24.2 Å². The maximum atomic E-state index is 11.9. The van der Waals surface area contributed by atoms with Gasteiger partial charge in [-0.05, 0) is 0 Å². The van der Waals surface area contributed by atoms with Crippen molar-refractivity contribution >= 4 is 27.7 Å². The molecular weight excluding hydrogens is 290 g/mol. The Bertz CT molecular complexity index is 596. The van der Waals surface area contributed by atoms with Crippen LogP contribution in [0.1, 0.15) is 13.8 Å². The van der Waals surface area contributed by atoms with E-state index in [1.165, 1.54) is 13.8 Å². The minimum Gasteiger partial charge on any atom is -0.481 e. The van der Waals surface area contributed by atoms with E-state index in [9.17, 15) is 27.9 Å². The van der Waals surface area contributed by atoms with Gasteiger partial charge < -0.3 is 15.5 Å². The first-order chi connectivity index (χ1) is 9.04. The summed E-state index contributed by atoms with van der Waals surface area (Å²) in [5, 5.41) is 19.4. The number of amides is 1. The van der Waals surface area contributed by atoms with Crippen molar-refractivity contribution in [1.82, 2.24) is 5.32 Å². The number of aliphatic carboxylic acids is 2. The number of carbonyl (C=O) groups is 3. The fourth-order valence-corrected chi connectivity index (χ4v) is 5.57. The van der Waals surface area contributed by atoms with E-state index in [2.05, 4.69) is 5.32 Å². The molecule has 0 aromatic carbocycles. The number of carboxylic acids is 2. The summed E-state index contributed by atoms with van der Waals surface area (Å²) in [6.07, 6.45) is 0. The number of carbonyl (C=O) groups excluding carboxylic acids is 1. The van der Waals surface area contributed by atoms with Crippen LogP contribution in [0.3, 0.4) is 0 Å². The molecule has 0 aromatic rings. The highest BCUT2D eigenvalue weighted by molar-refractivity contribution is 7.92. The number of sulfone groups is 1. The van der Waals surface area contributed by atoms with Gasteiger partial charge in [0.05, 0.1) is 16.9 Å². The molecule has 0 unspecified atom stereocenters. The molecule has 3 N–H and O–H groups in total. The predicted molar refractivity (Wildman–Crippen MR) is 65.5 cm³/mol. The van der Waals surface area contributed by atoms with Crippen LogP contribution in [0.4, 0.5) is 0 Å². The van der Waals surface area contributed by atoms with E-state index in [4.69, 9.17) is 5.11 Å². The second-order valence-electron chi connectivity index (χ2n) is 5.58. The molecule has 2 fully saturated rings. The molecule has 1 amide bonds. The Kier molecular flexibility index (Phi) is 3.08. The number of hydrogen-bond donors (Lipinski definition) is 3. The number of rotatable bonds is 4. The normalized spacial score (nSPS) is 37.2. The zero-order valence-electron chi connectivity index (χ0n) is 10.9. The van der Waals surface area contributed by atoms with Crippen molar-refractivity contribution in [2.45, 2.75) is 24.6 Å². The van der Waals surface area contributed by atoms with Crippen LogP contribution >= 0.6 is 0 Å². The van der Waals surface area contributed by atoms with E-state index in [-0.39, 0.29) is 0 Å². The first kappa shape index (κ1) is 14.8. The lowest BCUT2D eigenvalue weighted by Crippen LogP contribution is -2.59. The number of nitrogens with one attached hydrogen (secondary N) is 1. The average molecular weight is 305 g/mol. The molecule has 2 rings (SSSR count). The minimum atomic E-state index is -3.85. The van der Waals surface area contributed by atoms with Crippen LogP contribution in [0.15, 0.2) is 0 Å². The molecule has 1 aliphatic carbocycles. The first-order valence-corrected chi connectivity index (χ1v) is 7.76. The topological polar surface area (TPSA) is 138 Å². The summed E-state index contributed by atoms with van der Waals surface area (Å²) >= 11 is 0. The number of hydrogen-bond acceptors (Lipinski definition) is 5. The van der Waals surface area contributed by atoms with E-state index >= 15 is 0 Å². The summed E-state index contributed by atoms with van der Waals surface area (Å²) < 4.78 is 23.8. The largest absolute Gasteiger partial charge is 0.481 e. The molecule has 2 aliphatic rings. The van der Waals surface area contributed by atoms with E-state index < -0.39 is 62.0 Å². The monoisotopic (exact) mass is 305 g/mol. The summed E-state index contributed by atoms with van der Waals surface area (Å²) in [7, 11) is -3.85. The molecule has 1 aliphatic heterocycles. The van der Waals surface area contributed by atoms with Gasteiger partial charge in [0.15, 0.2) is 15.4 Å². The highest BCUT2D eigenvalue weighted by Crippen LogP contribution is 2.57. The molecule has 1 saturated heterocycles. The van der Waals surface area contributed by atoms with Crippen molar-refractivity contribution in [2.24, 2.45) is 17.8 Å². The maximum absolute atomic E-state index is 11.9. The number of fused-ring (bicyclic) bond motifs is 1. The molecule has 8 nitrogen and oxygen atoms in total. The second kappa shape index (κ2) is 4.18. The van der Waals surface area contributed by atoms with Crippen molar-refractivity contribution in [1.29, 1.82) is 0 Å². The van der Waals surface area contributed by atoms with Gasteiger partial charge in [0.1, 0.15) is 0 Å². The lowest BCUT2D eigenvalue weighted by molar-refractivity contribution is -0.149. The van der Waals surface area contributed by atoms with E-state index in [1.807, 2.05) is 0 Å². The van der Waals surface area contributed by atoms with Gasteiger partial charge in [-0.15, -0.1) is 0 Å². The van der Waals surface area contributed by atoms with Gasteiger partial charge in [0.2, 0.25) is 5.91 Å². The molecule has 0 bridgehead atoms. The van der Waals surface area contributed by atoms with E-state index in [0.29, 0.717) is 0 Å². The zero-order chi connectivity index (χ0) is 15.5. The van der Waals surface area contributed by atoms with Crippen LogP contribution in [0.2, 0.25) is 0 Å². The third-order valence-corrected chi connectivity index (χ3v) is 6.18. The van der Waals surface area contributed by atoms with Crippen LogP contribution in [0, 0.1) is 17.8 Å². The molecule has 0 aromatic heterocycles. The Balaban J connectivity index is 2.42. The van der Waals surface area contributed by atoms with Crippen LogP contribution < -0.4 is 5.32 Å². The van der Waals surface area contributed by atoms with E-state index in [1.54, 1.807) is 0 Å². The third kappa shape index (κ3) is 1.88. The molecule has 0 spiro atoms. The van der Waals surface area contributed by atoms with Gasteiger partial charge >= 0.3 is 11.9 Å². The van der Waals surface area contributed by atoms with Gasteiger partial charge in [0.25, 0.3) is 0 Å². The van der Waals surface area contributed by atoms with Gasteiger partial charge in [-0.1, -0.05) is 13.8 Å². The molecule has 1 heterocycles. The summed E-state index contributed by atoms with van der Waals surface area (Å²) in [4.78, 5) is 34.3. The molecule has 4 atom stereocenters. The smallest absolute Gasteiger partial charge is 0.330 e. The SMILES string of the molecule is CC(C)C(=O)N[C@@]1(C(=O)O)CS(=O)(=O)[C@H]2[C@H](C(=O)O)[C@H]21. The molecule has 20 heavy (non-hydrogen) atoms. The van der Waals surface area contributed by atoms with Crippen LogP contribution in [0.25, 0.3) is 0 Å². The van der Waals surface area contributed by atoms with Crippen LogP contribution in [-0.4, -0.2) is 53.0 Å². The Morgan fingerprint density at radius 1 is 1.25 bits per heavy atom. The van der Waals surface area contributed by atoms with Gasteiger partial charge in [-0.2, -0.15) is 0 Å². The van der Waals surface area contributed by atoms with Crippen molar-refractivity contribution in [2.75, 3.05) is 5.75 Å². The van der Waals surface area contributed by atoms with E-state index in [0.717, 1.165) is 0 Å². The molecule has 112 valence electrons. The van der Waals surface area contributed by atoms with Crippen molar-refractivity contribution < 1.29 is 33.0 Å². The van der Waals surface area contributed by atoms with Crippen molar-refractivity contribution in [3.63, 3.8) is 0 Å².